The molecule has 0 aliphatic carbocycles. The Balaban J connectivity index is 1.94. The summed E-state index contributed by atoms with van der Waals surface area (Å²) in [5.74, 6) is -2.17. The van der Waals surface area contributed by atoms with Crippen molar-refractivity contribution in [2.24, 2.45) is 0 Å². The van der Waals surface area contributed by atoms with Crippen LogP contribution in [0.4, 0.5) is 17.6 Å². The van der Waals surface area contributed by atoms with Gasteiger partial charge in [0, 0.05) is 6.20 Å². The first-order valence-electron chi connectivity index (χ1n) is 7.31. The molecule has 1 amide bonds. The Bertz CT molecular complexity index is 955. The summed E-state index contributed by atoms with van der Waals surface area (Å²) in [7, 11) is 1.19. The lowest BCUT2D eigenvalue weighted by Gasteiger charge is -2.22. The number of halogens is 4. The van der Waals surface area contributed by atoms with Crippen molar-refractivity contribution in [2.75, 3.05) is 7.11 Å². The highest BCUT2D eigenvalue weighted by atomic mass is 19.4. The number of ether oxygens (including phenoxy) is 1. The fraction of sp³-hybridized carbons (Fsp3) is 0.188. The predicted molar refractivity (Wildman–Crippen MR) is 82.2 cm³/mol. The fourth-order valence-electron chi connectivity index (χ4n) is 2.43. The summed E-state index contributed by atoms with van der Waals surface area (Å²) in [5, 5.41) is 9.53. The number of carbonyl (C=O) groups is 1. The molecule has 0 unspecified atom stereocenters. The van der Waals surface area contributed by atoms with Gasteiger partial charge in [-0.2, -0.15) is 28.0 Å². The molecule has 2 heterocycles. The fourth-order valence-corrected chi connectivity index (χ4v) is 2.43. The quantitative estimate of drug-likeness (QED) is 0.719. The Morgan fingerprint density at radius 1 is 1.27 bits per heavy atom. The van der Waals surface area contributed by atoms with E-state index in [2.05, 4.69) is 10.2 Å². The molecule has 136 valence electrons. The molecule has 1 atom stereocenters. The van der Waals surface area contributed by atoms with Crippen LogP contribution in [-0.4, -0.2) is 34.0 Å². The number of fused-ring (bicyclic) bond motifs is 1. The molecule has 1 N–H and O–H groups in total. The molecule has 0 aliphatic rings. The highest BCUT2D eigenvalue weighted by molar-refractivity contribution is 6.00. The zero-order valence-electron chi connectivity index (χ0n) is 13.3. The van der Waals surface area contributed by atoms with Crippen molar-refractivity contribution >= 4 is 11.4 Å². The van der Waals surface area contributed by atoms with Crippen molar-refractivity contribution in [3.05, 3.63) is 59.7 Å². The van der Waals surface area contributed by atoms with Crippen LogP contribution in [0.25, 0.3) is 5.52 Å². The smallest absolute Gasteiger partial charge is 0.412 e. The third-order valence-electron chi connectivity index (χ3n) is 3.66. The van der Waals surface area contributed by atoms with Crippen molar-refractivity contribution in [1.82, 2.24) is 20.1 Å². The van der Waals surface area contributed by atoms with Gasteiger partial charge in [-0.15, -0.1) is 0 Å². The van der Waals surface area contributed by atoms with Crippen LogP contribution < -0.4 is 10.1 Å². The summed E-state index contributed by atoms with van der Waals surface area (Å²) >= 11 is 0. The first-order chi connectivity index (χ1) is 12.3. The van der Waals surface area contributed by atoms with Gasteiger partial charge in [0.15, 0.2) is 17.6 Å². The molecule has 3 aromatic rings. The molecule has 2 aromatic heterocycles. The lowest BCUT2D eigenvalue weighted by molar-refractivity contribution is -0.155. The summed E-state index contributed by atoms with van der Waals surface area (Å²) in [5.41, 5.74) is -0.299. The number of carbonyl (C=O) groups excluding carboxylic acids is 1. The lowest BCUT2D eigenvalue weighted by atomic mass is 10.1. The SMILES string of the molecule is COc1ccc([C@@H](NC(=O)c2cnn3ncccc23)C(F)(F)F)cc1F. The van der Waals surface area contributed by atoms with Crippen LogP contribution in [0.2, 0.25) is 0 Å². The number of hydrogen-bond acceptors (Lipinski definition) is 4. The van der Waals surface area contributed by atoms with Gasteiger partial charge in [0.25, 0.3) is 5.91 Å². The Kier molecular flexibility index (Phi) is 4.49. The first-order valence-corrected chi connectivity index (χ1v) is 7.31. The average molecular weight is 368 g/mol. The minimum Gasteiger partial charge on any atom is -0.494 e. The molecule has 0 saturated carbocycles. The molecule has 0 bridgehead atoms. The third kappa shape index (κ3) is 3.30. The number of methoxy groups -OCH3 is 1. The van der Waals surface area contributed by atoms with E-state index in [-0.39, 0.29) is 16.8 Å². The van der Waals surface area contributed by atoms with Crippen LogP contribution in [0, 0.1) is 5.82 Å². The standard InChI is InChI=1S/C16H12F4N4O2/c1-26-13-5-4-9(7-11(13)17)14(16(18,19)20)23-15(25)10-8-22-24-12(10)3-2-6-21-24/h2-8,14H,1H3,(H,23,25)/t14-/m1/s1. The van der Waals surface area contributed by atoms with Crippen molar-refractivity contribution in [2.45, 2.75) is 12.2 Å². The molecule has 10 heteroatoms. The molecule has 0 fully saturated rings. The monoisotopic (exact) mass is 368 g/mol. The third-order valence-corrected chi connectivity index (χ3v) is 3.66. The summed E-state index contributed by atoms with van der Waals surface area (Å²) in [6.07, 6.45) is -2.31. The molecule has 3 rings (SSSR count). The second kappa shape index (κ2) is 6.62. The summed E-state index contributed by atoms with van der Waals surface area (Å²) in [6, 6.07) is 3.39. The first kappa shape index (κ1) is 17.6. The maximum atomic E-state index is 13.8. The van der Waals surface area contributed by atoms with Crippen molar-refractivity contribution in [3.8, 4) is 5.75 Å². The Morgan fingerprint density at radius 2 is 2.04 bits per heavy atom. The molecular formula is C16H12F4N4O2. The number of alkyl halides is 3. The van der Waals surface area contributed by atoms with E-state index in [0.717, 1.165) is 23.0 Å². The van der Waals surface area contributed by atoms with E-state index >= 15 is 0 Å². The van der Waals surface area contributed by atoms with E-state index in [0.29, 0.717) is 6.07 Å². The maximum Gasteiger partial charge on any atom is 0.412 e. The van der Waals surface area contributed by atoms with Crippen molar-refractivity contribution in [1.29, 1.82) is 0 Å². The number of rotatable bonds is 4. The van der Waals surface area contributed by atoms with Gasteiger partial charge in [0.1, 0.15) is 5.52 Å². The van der Waals surface area contributed by atoms with Gasteiger partial charge in [0.2, 0.25) is 0 Å². The van der Waals surface area contributed by atoms with Crippen LogP contribution in [0.5, 0.6) is 5.75 Å². The van der Waals surface area contributed by atoms with Crippen LogP contribution in [0.1, 0.15) is 22.0 Å². The van der Waals surface area contributed by atoms with Gasteiger partial charge in [-0.25, -0.2) is 4.39 Å². The van der Waals surface area contributed by atoms with Crippen LogP contribution in [0.15, 0.2) is 42.7 Å². The highest BCUT2D eigenvalue weighted by Gasteiger charge is 2.42. The van der Waals surface area contributed by atoms with Gasteiger partial charge in [-0.3, -0.25) is 4.79 Å². The van der Waals surface area contributed by atoms with Gasteiger partial charge in [-0.05, 0) is 29.8 Å². The zero-order chi connectivity index (χ0) is 18.9. The van der Waals surface area contributed by atoms with Gasteiger partial charge in [0.05, 0.1) is 18.9 Å². The van der Waals surface area contributed by atoms with Crippen molar-refractivity contribution < 1.29 is 27.1 Å². The highest BCUT2D eigenvalue weighted by Crippen LogP contribution is 2.34. The van der Waals surface area contributed by atoms with E-state index in [1.807, 2.05) is 5.32 Å². The number of aromatic nitrogens is 3. The number of hydrogen-bond donors (Lipinski definition) is 1. The molecule has 0 spiro atoms. The van der Waals surface area contributed by atoms with Crippen LogP contribution >= 0.6 is 0 Å². The summed E-state index contributed by atoms with van der Waals surface area (Å²) < 4.78 is 59.9. The van der Waals surface area contributed by atoms with Crippen LogP contribution in [-0.2, 0) is 0 Å². The molecular weight excluding hydrogens is 356 g/mol. The lowest BCUT2D eigenvalue weighted by Crippen LogP contribution is -2.38. The maximum absolute atomic E-state index is 13.8. The molecule has 0 radical (unpaired) electrons. The zero-order valence-corrected chi connectivity index (χ0v) is 13.3. The molecule has 0 saturated heterocycles. The Labute approximate surface area is 144 Å². The van der Waals surface area contributed by atoms with E-state index in [1.54, 1.807) is 0 Å². The van der Waals surface area contributed by atoms with Crippen molar-refractivity contribution in [3.63, 3.8) is 0 Å². The van der Waals surface area contributed by atoms with Crippen LogP contribution in [0.3, 0.4) is 0 Å². The minimum atomic E-state index is -4.84. The predicted octanol–water partition coefficient (Wildman–Crippen LogP) is 2.91. The summed E-state index contributed by atoms with van der Waals surface area (Å²) in [6.45, 7) is 0. The largest absolute Gasteiger partial charge is 0.494 e. The van der Waals surface area contributed by atoms with E-state index in [9.17, 15) is 22.4 Å². The second-order valence-electron chi connectivity index (χ2n) is 5.30. The van der Waals surface area contributed by atoms with Gasteiger partial charge < -0.3 is 10.1 Å². The van der Waals surface area contributed by atoms with Gasteiger partial charge >= 0.3 is 6.18 Å². The van der Waals surface area contributed by atoms with E-state index < -0.39 is 29.5 Å². The van der Waals surface area contributed by atoms with E-state index in [4.69, 9.17) is 4.74 Å². The number of nitrogens with one attached hydrogen (secondary N) is 1. The normalized spacial score (nSPS) is 12.8. The molecule has 1 aromatic carbocycles. The summed E-state index contributed by atoms with van der Waals surface area (Å²) in [4.78, 5) is 12.3. The Morgan fingerprint density at radius 3 is 2.69 bits per heavy atom. The van der Waals surface area contributed by atoms with Gasteiger partial charge in [-0.1, -0.05) is 6.07 Å². The topological polar surface area (TPSA) is 68.5 Å². The molecule has 6 nitrogen and oxygen atoms in total. The number of nitrogens with zero attached hydrogens (tertiary/aromatic N) is 3. The van der Waals surface area contributed by atoms with E-state index in [1.165, 1.54) is 25.4 Å². The minimum absolute atomic E-state index is 0.0821. The number of amides is 1. The second-order valence-corrected chi connectivity index (χ2v) is 5.30. The molecule has 0 aliphatic heterocycles. The average Bonchev–Trinajstić information content (AvgIpc) is 3.02. The Hall–Kier alpha value is -3.17. The number of benzene rings is 1. The molecule has 26 heavy (non-hydrogen) atoms.